The monoisotopic (exact) mass is 247 g/mol. The van der Waals surface area contributed by atoms with E-state index < -0.39 is 12.0 Å². The van der Waals surface area contributed by atoms with Gasteiger partial charge in [-0.15, -0.1) is 0 Å². The Balaban J connectivity index is 1.59. The first-order valence-electron chi connectivity index (χ1n) is 7.37. The second-order valence-corrected chi connectivity index (χ2v) is 6.89. The molecule has 2 N–H and O–H groups in total. The van der Waals surface area contributed by atoms with Crippen molar-refractivity contribution < 1.29 is 9.90 Å². The molecule has 0 aromatic heterocycles. The van der Waals surface area contributed by atoms with E-state index >= 15 is 0 Å². The third-order valence-electron chi connectivity index (χ3n) is 5.83. The van der Waals surface area contributed by atoms with Crippen LogP contribution in [0.2, 0.25) is 0 Å². The lowest BCUT2D eigenvalue weighted by Gasteiger charge is -2.55. The van der Waals surface area contributed by atoms with Crippen molar-refractivity contribution in [2.45, 2.75) is 38.1 Å². The molecule has 0 radical (unpaired) electrons. The summed E-state index contributed by atoms with van der Waals surface area (Å²) in [6.07, 6.45) is 9.13. The molecule has 18 heavy (non-hydrogen) atoms. The Hall–Kier alpha value is -0.830. The number of nitrogens with one attached hydrogen (secondary N) is 1. The molecule has 98 valence electrons. The summed E-state index contributed by atoms with van der Waals surface area (Å²) in [6.45, 7) is 0.809. The van der Waals surface area contributed by atoms with Gasteiger partial charge in [0.2, 0.25) is 0 Å². The van der Waals surface area contributed by atoms with E-state index in [-0.39, 0.29) is 0 Å². The molecule has 5 aliphatic rings. The summed E-state index contributed by atoms with van der Waals surface area (Å²) in [5.41, 5.74) is 1.41. The Kier molecular flexibility index (Phi) is 2.35. The first-order valence-corrected chi connectivity index (χ1v) is 7.37. The fourth-order valence-electron chi connectivity index (χ4n) is 5.48. The molecule has 0 aromatic rings. The fourth-order valence-corrected chi connectivity index (χ4v) is 5.48. The molecule has 4 aliphatic carbocycles. The van der Waals surface area contributed by atoms with Crippen molar-refractivity contribution in [3.8, 4) is 0 Å². The van der Waals surface area contributed by atoms with Gasteiger partial charge in [-0.2, -0.15) is 0 Å². The largest absolute Gasteiger partial charge is 0.480 e. The summed E-state index contributed by atoms with van der Waals surface area (Å²) in [4.78, 5) is 11.0. The van der Waals surface area contributed by atoms with Crippen LogP contribution in [0.15, 0.2) is 11.6 Å². The highest BCUT2D eigenvalue weighted by Gasteiger charge is 2.49. The van der Waals surface area contributed by atoms with E-state index in [1.165, 1.54) is 37.7 Å². The van der Waals surface area contributed by atoms with Gasteiger partial charge in [-0.05, 0) is 61.7 Å². The summed E-state index contributed by atoms with van der Waals surface area (Å²) in [6, 6.07) is -0.433. The van der Waals surface area contributed by atoms with Crippen LogP contribution >= 0.6 is 0 Å². The van der Waals surface area contributed by atoms with E-state index in [4.69, 9.17) is 5.11 Å². The third-order valence-corrected chi connectivity index (χ3v) is 5.83. The zero-order valence-corrected chi connectivity index (χ0v) is 10.6. The number of carbonyl (C=O) groups is 1. The molecule has 1 aliphatic heterocycles. The summed E-state index contributed by atoms with van der Waals surface area (Å²) >= 11 is 0. The maximum Gasteiger partial charge on any atom is 0.324 e. The van der Waals surface area contributed by atoms with E-state index in [1.807, 2.05) is 6.08 Å². The lowest BCUT2D eigenvalue weighted by Crippen LogP contribution is -2.46. The summed E-state index contributed by atoms with van der Waals surface area (Å²) < 4.78 is 0. The standard InChI is InChI=1S/C15H21NO2/c17-15(18)13-6-12(7-16-13)14-10-2-8-1-9(4-10)5-11(14)3-8/h6,8-11,13-14,16H,1-5,7H2,(H,17,18). The third kappa shape index (κ3) is 1.56. The molecule has 1 heterocycles. The molecule has 5 rings (SSSR count). The smallest absolute Gasteiger partial charge is 0.324 e. The molecular weight excluding hydrogens is 226 g/mol. The molecule has 3 heteroatoms. The van der Waals surface area contributed by atoms with Gasteiger partial charge in [0.15, 0.2) is 0 Å². The molecule has 0 spiro atoms. The van der Waals surface area contributed by atoms with Gasteiger partial charge in [0, 0.05) is 6.54 Å². The normalized spacial score (nSPS) is 49.4. The average molecular weight is 247 g/mol. The molecule has 1 unspecified atom stereocenters. The number of hydrogen-bond acceptors (Lipinski definition) is 2. The minimum atomic E-state index is -0.728. The lowest BCUT2D eigenvalue weighted by atomic mass is 9.50. The number of aliphatic carboxylic acids is 1. The second kappa shape index (κ2) is 3.83. The Bertz CT molecular complexity index is 387. The highest BCUT2D eigenvalue weighted by atomic mass is 16.4. The van der Waals surface area contributed by atoms with Crippen LogP contribution in [0.3, 0.4) is 0 Å². The molecule has 4 fully saturated rings. The van der Waals surface area contributed by atoms with E-state index in [2.05, 4.69) is 5.32 Å². The van der Waals surface area contributed by atoms with Crippen LogP contribution in [0.1, 0.15) is 32.1 Å². The minimum Gasteiger partial charge on any atom is -0.480 e. The van der Waals surface area contributed by atoms with Crippen molar-refractivity contribution in [2.24, 2.45) is 29.6 Å². The molecule has 3 nitrogen and oxygen atoms in total. The van der Waals surface area contributed by atoms with Crippen LogP contribution in [-0.4, -0.2) is 23.7 Å². The van der Waals surface area contributed by atoms with Gasteiger partial charge in [-0.3, -0.25) is 10.1 Å². The van der Waals surface area contributed by atoms with Crippen LogP contribution in [-0.2, 0) is 4.79 Å². The number of carboxylic acids is 1. The lowest BCUT2D eigenvalue weighted by molar-refractivity contribution is -0.137. The van der Waals surface area contributed by atoms with Crippen LogP contribution < -0.4 is 5.32 Å². The predicted octanol–water partition coefficient (Wildman–Crippen LogP) is 2.04. The second-order valence-electron chi connectivity index (χ2n) is 6.89. The fraction of sp³-hybridized carbons (Fsp3) is 0.800. The Morgan fingerprint density at radius 2 is 1.72 bits per heavy atom. The van der Waals surface area contributed by atoms with Crippen molar-refractivity contribution in [1.29, 1.82) is 0 Å². The van der Waals surface area contributed by atoms with Crippen molar-refractivity contribution in [2.75, 3.05) is 6.54 Å². The maximum atomic E-state index is 11.0. The van der Waals surface area contributed by atoms with E-state index in [9.17, 15) is 4.79 Å². The van der Waals surface area contributed by atoms with E-state index in [1.54, 1.807) is 0 Å². The van der Waals surface area contributed by atoms with E-state index in [0.717, 1.165) is 30.2 Å². The summed E-state index contributed by atoms with van der Waals surface area (Å²) in [5.74, 6) is 3.69. The molecule has 0 saturated heterocycles. The van der Waals surface area contributed by atoms with Crippen LogP contribution in [0.25, 0.3) is 0 Å². The van der Waals surface area contributed by atoms with Gasteiger partial charge in [0.1, 0.15) is 6.04 Å². The number of hydrogen-bond donors (Lipinski definition) is 2. The quantitative estimate of drug-likeness (QED) is 0.734. The van der Waals surface area contributed by atoms with E-state index in [0.29, 0.717) is 5.92 Å². The van der Waals surface area contributed by atoms with Crippen molar-refractivity contribution in [3.05, 3.63) is 11.6 Å². The average Bonchev–Trinajstić information content (AvgIpc) is 2.77. The molecule has 1 atom stereocenters. The molecule has 0 amide bonds. The summed E-state index contributed by atoms with van der Waals surface area (Å²) in [7, 11) is 0. The van der Waals surface area contributed by atoms with Gasteiger partial charge in [0.25, 0.3) is 0 Å². The SMILES string of the molecule is O=C(O)C1C=C(C2C3CC4CC(C3)CC2C4)CN1. The number of carboxylic acid groups (broad SMARTS) is 1. The first kappa shape index (κ1) is 11.0. The number of rotatable bonds is 2. The zero-order chi connectivity index (χ0) is 12.3. The van der Waals surface area contributed by atoms with Gasteiger partial charge in [-0.1, -0.05) is 11.6 Å². The van der Waals surface area contributed by atoms with Gasteiger partial charge >= 0.3 is 5.97 Å². The highest BCUT2D eigenvalue weighted by molar-refractivity contribution is 5.77. The summed E-state index contributed by atoms with van der Waals surface area (Å²) in [5, 5.41) is 12.2. The first-order chi connectivity index (χ1) is 8.70. The molecular formula is C15H21NO2. The Labute approximate surface area is 108 Å². The Morgan fingerprint density at radius 1 is 1.11 bits per heavy atom. The topological polar surface area (TPSA) is 49.3 Å². The molecule has 4 bridgehead atoms. The van der Waals surface area contributed by atoms with Crippen molar-refractivity contribution >= 4 is 5.97 Å². The molecule has 0 aromatic carbocycles. The van der Waals surface area contributed by atoms with Gasteiger partial charge in [-0.25, -0.2) is 0 Å². The predicted molar refractivity (Wildman–Crippen MR) is 68.0 cm³/mol. The van der Waals surface area contributed by atoms with Gasteiger partial charge < -0.3 is 5.11 Å². The van der Waals surface area contributed by atoms with Crippen LogP contribution in [0.5, 0.6) is 0 Å². The van der Waals surface area contributed by atoms with Crippen molar-refractivity contribution in [1.82, 2.24) is 5.32 Å². The maximum absolute atomic E-state index is 11.0. The minimum absolute atomic E-state index is 0.433. The zero-order valence-electron chi connectivity index (χ0n) is 10.6. The van der Waals surface area contributed by atoms with Gasteiger partial charge in [0.05, 0.1) is 0 Å². The van der Waals surface area contributed by atoms with Crippen molar-refractivity contribution in [3.63, 3.8) is 0 Å². The Morgan fingerprint density at radius 3 is 2.22 bits per heavy atom. The van der Waals surface area contributed by atoms with Crippen LogP contribution in [0, 0.1) is 29.6 Å². The van der Waals surface area contributed by atoms with Crippen LogP contribution in [0.4, 0.5) is 0 Å². The highest BCUT2D eigenvalue weighted by Crippen LogP contribution is 2.58. The molecule has 4 saturated carbocycles.